The van der Waals surface area contributed by atoms with E-state index in [1.54, 1.807) is 0 Å². The van der Waals surface area contributed by atoms with E-state index in [0.717, 1.165) is 6.42 Å². The molecule has 5 nitrogen and oxygen atoms in total. The molecule has 25 heavy (non-hydrogen) atoms. The number of Topliss-reactive ketones (excluding diaryl/α,β-unsaturated/α-hetero) is 1. The summed E-state index contributed by atoms with van der Waals surface area (Å²) in [6.07, 6.45) is 3.55. The highest BCUT2D eigenvalue weighted by molar-refractivity contribution is 5.82. The Bertz CT molecular complexity index is 725. The molecule has 2 fully saturated rings. The summed E-state index contributed by atoms with van der Waals surface area (Å²) in [5.74, 6) is 0.316. The van der Waals surface area contributed by atoms with E-state index < -0.39 is 11.0 Å². The Morgan fingerprint density at radius 3 is 2.80 bits per heavy atom. The van der Waals surface area contributed by atoms with Gasteiger partial charge in [-0.15, -0.1) is 0 Å². The monoisotopic (exact) mass is 343 g/mol. The topological polar surface area (TPSA) is 102 Å². The Kier molecular flexibility index (Phi) is 4.51. The van der Waals surface area contributed by atoms with Crippen LogP contribution in [0.25, 0.3) is 0 Å². The Hall–Kier alpha value is -2.06. The van der Waals surface area contributed by atoms with Crippen molar-refractivity contribution >= 4 is 5.78 Å². The molecule has 0 aromatic heterocycles. The predicted octanol–water partition coefficient (Wildman–Crippen LogP) is 3.07. The van der Waals surface area contributed by atoms with E-state index in [1.165, 1.54) is 18.2 Å². The lowest BCUT2D eigenvalue weighted by molar-refractivity contribution is -0.140. The fraction of sp³-hybridized carbons (Fsp3) is 0.600. The van der Waals surface area contributed by atoms with Crippen LogP contribution in [-0.2, 0) is 11.2 Å². The third-order valence-corrected chi connectivity index (χ3v) is 6.70. The molecule has 0 heterocycles. The number of carbonyl (C=O) groups is 1. The Balaban J connectivity index is 1.80. The van der Waals surface area contributed by atoms with Crippen LogP contribution in [0.1, 0.15) is 51.0 Å². The normalized spacial score (nSPS) is 34.5. The summed E-state index contributed by atoms with van der Waals surface area (Å²) in [5, 5.41) is 39.7. The van der Waals surface area contributed by atoms with Gasteiger partial charge in [0.05, 0.1) is 18.1 Å². The molecule has 1 aromatic carbocycles. The number of nitriles is 1. The minimum atomic E-state index is -1.02. The first-order chi connectivity index (χ1) is 11.8. The van der Waals surface area contributed by atoms with Gasteiger partial charge in [-0.3, -0.25) is 4.79 Å². The molecule has 3 rings (SSSR count). The molecule has 0 aliphatic heterocycles. The van der Waals surface area contributed by atoms with Crippen molar-refractivity contribution in [2.24, 2.45) is 17.3 Å². The van der Waals surface area contributed by atoms with Crippen LogP contribution in [0.4, 0.5) is 0 Å². The van der Waals surface area contributed by atoms with Gasteiger partial charge >= 0.3 is 0 Å². The zero-order valence-corrected chi connectivity index (χ0v) is 14.5. The number of aryl methyl sites for hydroxylation is 1. The molecule has 1 unspecified atom stereocenters. The third-order valence-electron chi connectivity index (χ3n) is 6.70. The molecule has 2 aliphatic carbocycles. The number of phenolic OH excluding ortho intramolecular Hbond substituents is 2. The number of nitrogens with zero attached hydrogens (tertiary/aromatic N) is 1. The molecule has 3 N–H and O–H groups in total. The molecule has 5 heteroatoms. The molecule has 0 saturated heterocycles. The maximum absolute atomic E-state index is 12.6. The molecular formula is C20H25NO4. The summed E-state index contributed by atoms with van der Waals surface area (Å²) in [5.41, 5.74) is -0.800. The minimum Gasteiger partial charge on any atom is -0.508 e. The average molecular weight is 343 g/mol. The quantitative estimate of drug-likeness (QED) is 0.729. The molecule has 0 radical (unpaired) electrons. The SMILES string of the molecule is C[C@]12CCC(=O)[C@@H](CCc3cc(O)ccc3O)C1CC[C@@]2(O)CC#N. The summed E-state index contributed by atoms with van der Waals surface area (Å²) in [6, 6.07) is 6.53. The number of hydrogen-bond acceptors (Lipinski definition) is 5. The minimum absolute atomic E-state index is 0.0616. The summed E-state index contributed by atoms with van der Waals surface area (Å²) >= 11 is 0. The molecular weight excluding hydrogens is 318 g/mol. The lowest BCUT2D eigenvalue weighted by Gasteiger charge is -2.47. The first-order valence-electron chi connectivity index (χ1n) is 8.94. The number of fused-ring (bicyclic) bond motifs is 1. The van der Waals surface area contributed by atoms with Gasteiger partial charge in [0.25, 0.3) is 0 Å². The van der Waals surface area contributed by atoms with E-state index in [1.807, 2.05) is 6.92 Å². The van der Waals surface area contributed by atoms with Crippen molar-refractivity contribution in [3.8, 4) is 17.6 Å². The van der Waals surface area contributed by atoms with Gasteiger partial charge < -0.3 is 15.3 Å². The van der Waals surface area contributed by atoms with Gasteiger partial charge in [-0.05, 0) is 61.8 Å². The second-order valence-corrected chi connectivity index (χ2v) is 7.85. The Labute approximate surface area is 147 Å². The summed E-state index contributed by atoms with van der Waals surface area (Å²) in [6.45, 7) is 2.02. The van der Waals surface area contributed by atoms with E-state index >= 15 is 0 Å². The van der Waals surface area contributed by atoms with E-state index in [2.05, 4.69) is 6.07 Å². The molecule has 0 bridgehead atoms. The zero-order chi connectivity index (χ0) is 18.2. The van der Waals surface area contributed by atoms with Crippen LogP contribution >= 0.6 is 0 Å². The number of aromatic hydroxyl groups is 2. The highest BCUT2D eigenvalue weighted by Crippen LogP contribution is 2.60. The first-order valence-corrected chi connectivity index (χ1v) is 8.94. The standard InChI is InChI=1S/C20H25NO4/c1-19-8-7-18(24)15(16(19)6-9-20(19,25)10-11-21)4-2-13-12-14(22)3-5-17(13)23/h3,5,12,15-16,22-23,25H,2,4,6-10H2,1H3/t15-,16?,19-,20+/m0/s1. The van der Waals surface area contributed by atoms with Crippen molar-refractivity contribution in [2.45, 2.75) is 57.5 Å². The zero-order valence-electron chi connectivity index (χ0n) is 14.5. The van der Waals surface area contributed by atoms with Crippen molar-refractivity contribution in [2.75, 3.05) is 0 Å². The maximum Gasteiger partial charge on any atom is 0.136 e. The van der Waals surface area contributed by atoms with Gasteiger partial charge in [0.2, 0.25) is 0 Å². The summed E-state index contributed by atoms with van der Waals surface area (Å²) < 4.78 is 0. The highest BCUT2D eigenvalue weighted by atomic mass is 16.3. The van der Waals surface area contributed by atoms with Crippen LogP contribution in [0.15, 0.2) is 18.2 Å². The van der Waals surface area contributed by atoms with E-state index in [0.29, 0.717) is 37.7 Å². The molecule has 0 amide bonds. The number of ketones is 1. The summed E-state index contributed by atoms with van der Waals surface area (Å²) in [4.78, 5) is 12.6. The molecule has 0 spiro atoms. The van der Waals surface area contributed by atoms with E-state index in [9.17, 15) is 20.1 Å². The van der Waals surface area contributed by atoms with Crippen LogP contribution in [0.3, 0.4) is 0 Å². The van der Waals surface area contributed by atoms with Crippen LogP contribution in [0, 0.1) is 28.6 Å². The lowest BCUT2D eigenvalue weighted by Crippen LogP contribution is -2.50. The molecule has 4 atom stereocenters. The molecule has 134 valence electrons. The largest absolute Gasteiger partial charge is 0.508 e. The van der Waals surface area contributed by atoms with Crippen LogP contribution < -0.4 is 0 Å². The molecule has 2 saturated carbocycles. The number of phenols is 2. The van der Waals surface area contributed by atoms with Gasteiger partial charge in [-0.25, -0.2) is 0 Å². The predicted molar refractivity (Wildman–Crippen MR) is 91.8 cm³/mol. The fourth-order valence-electron chi connectivity index (χ4n) is 5.07. The average Bonchev–Trinajstić information content (AvgIpc) is 2.82. The number of benzene rings is 1. The number of rotatable bonds is 4. The smallest absolute Gasteiger partial charge is 0.136 e. The second kappa shape index (κ2) is 6.34. The van der Waals surface area contributed by atoms with Crippen molar-refractivity contribution < 1.29 is 20.1 Å². The van der Waals surface area contributed by atoms with E-state index in [-0.39, 0.29) is 35.5 Å². The maximum atomic E-state index is 12.6. The van der Waals surface area contributed by atoms with Crippen LogP contribution in [-0.4, -0.2) is 26.7 Å². The number of carbonyl (C=O) groups excluding carboxylic acids is 1. The van der Waals surface area contributed by atoms with Crippen molar-refractivity contribution in [3.63, 3.8) is 0 Å². The van der Waals surface area contributed by atoms with Crippen LogP contribution in [0.2, 0.25) is 0 Å². The van der Waals surface area contributed by atoms with E-state index in [4.69, 9.17) is 5.26 Å². The Morgan fingerprint density at radius 1 is 1.32 bits per heavy atom. The van der Waals surface area contributed by atoms with Gasteiger partial charge in [-0.1, -0.05) is 6.92 Å². The molecule has 1 aromatic rings. The lowest BCUT2D eigenvalue weighted by atomic mass is 9.58. The number of hydrogen-bond donors (Lipinski definition) is 3. The third kappa shape index (κ3) is 2.89. The van der Waals surface area contributed by atoms with Crippen molar-refractivity contribution in [1.29, 1.82) is 5.26 Å². The number of aliphatic hydroxyl groups is 1. The van der Waals surface area contributed by atoms with Gasteiger partial charge in [-0.2, -0.15) is 5.26 Å². The summed E-state index contributed by atoms with van der Waals surface area (Å²) in [7, 11) is 0. The fourth-order valence-corrected chi connectivity index (χ4v) is 5.07. The van der Waals surface area contributed by atoms with Gasteiger partial charge in [0.15, 0.2) is 0 Å². The van der Waals surface area contributed by atoms with Gasteiger partial charge in [0, 0.05) is 17.8 Å². The van der Waals surface area contributed by atoms with Gasteiger partial charge in [0.1, 0.15) is 17.3 Å². The van der Waals surface area contributed by atoms with Crippen LogP contribution in [0.5, 0.6) is 11.5 Å². The van der Waals surface area contributed by atoms with Crippen molar-refractivity contribution in [1.82, 2.24) is 0 Å². The Morgan fingerprint density at radius 2 is 2.08 bits per heavy atom. The first kappa shape index (κ1) is 17.8. The second-order valence-electron chi connectivity index (χ2n) is 7.85. The highest BCUT2D eigenvalue weighted by Gasteiger charge is 2.60. The molecule has 2 aliphatic rings. The van der Waals surface area contributed by atoms with Crippen molar-refractivity contribution in [3.05, 3.63) is 23.8 Å².